The maximum absolute atomic E-state index is 13.3. The van der Waals surface area contributed by atoms with Crippen molar-refractivity contribution in [2.24, 2.45) is 0 Å². The topological polar surface area (TPSA) is 12.0 Å². The molecule has 1 aromatic rings. The van der Waals surface area contributed by atoms with Gasteiger partial charge in [0.2, 0.25) is 0 Å². The molecule has 0 aliphatic heterocycles. The molecule has 0 saturated carbocycles. The summed E-state index contributed by atoms with van der Waals surface area (Å²) in [5.41, 5.74) is 1.83. The maximum Gasteiger partial charge on any atom is 0.142 e. The van der Waals surface area contributed by atoms with Crippen molar-refractivity contribution in [1.29, 1.82) is 0 Å². The summed E-state index contributed by atoms with van der Waals surface area (Å²) in [6, 6.07) is 4.86. The SMILES string of the molecule is C=C(C)C(NCCC)c1ccc(Cl)c(F)c1. The van der Waals surface area contributed by atoms with E-state index in [-0.39, 0.29) is 16.9 Å². The summed E-state index contributed by atoms with van der Waals surface area (Å²) < 4.78 is 13.3. The van der Waals surface area contributed by atoms with Crippen molar-refractivity contribution in [3.63, 3.8) is 0 Å². The maximum atomic E-state index is 13.3. The molecular weight excluding hydrogens is 225 g/mol. The Bertz CT molecular complexity index is 376. The Balaban J connectivity index is 2.92. The van der Waals surface area contributed by atoms with Gasteiger partial charge in [-0.2, -0.15) is 0 Å². The number of benzene rings is 1. The van der Waals surface area contributed by atoms with Crippen LogP contribution in [0.3, 0.4) is 0 Å². The Labute approximate surface area is 101 Å². The quantitative estimate of drug-likeness (QED) is 0.766. The number of hydrogen-bond acceptors (Lipinski definition) is 1. The molecule has 16 heavy (non-hydrogen) atoms. The fourth-order valence-corrected chi connectivity index (χ4v) is 1.67. The standard InChI is InChI=1S/C13H17ClFN/c1-4-7-16-13(9(2)3)10-5-6-11(14)12(15)8-10/h5-6,8,13,16H,2,4,7H2,1,3H3. The van der Waals surface area contributed by atoms with Crippen molar-refractivity contribution >= 4 is 11.6 Å². The van der Waals surface area contributed by atoms with Gasteiger partial charge in [0.25, 0.3) is 0 Å². The molecule has 3 heteroatoms. The fraction of sp³-hybridized carbons (Fsp3) is 0.385. The lowest BCUT2D eigenvalue weighted by atomic mass is 10.0. The predicted octanol–water partition coefficient (Wildman–Crippen LogP) is 4.10. The molecule has 1 atom stereocenters. The van der Waals surface area contributed by atoms with E-state index in [4.69, 9.17) is 11.6 Å². The van der Waals surface area contributed by atoms with Gasteiger partial charge in [-0.25, -0.2) is 4.39 Å². The Morgan fingerprint density at radius 3 is 2.75 bits per heavy atom. The van der Waals surface area contributed by atoms with Crippen LogP contribution in [-0.2, 0) is 0 Å². The normalized spacial score (nSPS) is 12.5. The molecule has 0 radical (unpaired) electrons. The van der Waals surface area contributed by atoms with Crippen LogP contribution < -0.4 is 5.32 Å². The monoisotopic (exact) mass is 241 g/mol. The fourth-order valence-electron chi connectivity index (χ4n) is 1.56. The van der Waals surface area contributed by atoms with E-state index in [1.54, 1.807) is 6.07 Å². The van der Waals surface area contributed by atoms with E-state index in [0.29, 0.717) is 0 Å². The first kappa shape index (κ1) is 13.2. The number of nitrogens with one attached hydrogen (secondary N) is 1. The third-order valence-corrected chi connectivity index (χ3v) is 2.67. The molecule has 1 rings (SSSR count). The van der Waals surface area contributed by atoms with E-state index in [0.717, 1.165) is 24.1 Å². The highest BCUT2D eigenvalue weighted by molar-refractivity contribution is 6.30. The first-order valence-corrected chi connectivity index (χ1v) is 5.77. The van der Waals surface area contributed by atoms with Gasteiger partial charge in [0.15, 0.2) is 0 Å². The van der Waals surface area contributed by atoms with Gasteiger partial charge in [0, 0.05) is 0 Å². The van der Waals surface area contributed by atoms with Gasteiger partial charge >= 0.3 is 0 Å². The predicted molar refractivity (Wildman–Crippen MR) is 67.3 cm³/mol. The van der Waals surface area contributed by atoms with Crippen molar-refractivity contribution in [2.75, 3.05) is 6.54 Å². The first-order chi connectivity index (χ1) is 7.56. The molecule has 0 heterocycles. The lowest BCUT2D eigenvalue weighted by Crippen LogP contribution is -2.22. The number of rotatable bonds is 5. The van der Waals surface area contributed by atoms with Crippen molar-refractivity contribution in [2.45, 2.75) is 26.3 Å². The van der Waals surface area contributed by atoms with Crippen LogP contribution in [0.5, 0.6) is 0 Å². The molecule has 0 aromatic heterocycles. The molecule has 0 amide bonds. The van der Waals surface area contributed by atoms with Crippen LogP contribution in [0, 0.1) is 5.82 Å². The minimum atomic E-state index is -0.385. The highest BCUT2D eigenvalue weighted by atomic mass is 35.5. The Morgan fingerprint density at radius 1 is 1.56 bits per heavy atom. The van der Waals surface area contributed by atoms with Crippen molar-refractivity contribution in [3.05, 3.63) is 46.8 Å². The minimum absolute atomic E-state index is 0.00767. The van der Waals surface area contributed by atoms with E-state index in [1.165, 1.54) is 6.07 Å². The summed E-state index contributed by atoms with van der Waals surface area (Å²) >= 11 is 5.65. The average molecular weight is 242 g/mol. The Kier molecular flexibility index (Phi) is 4.97. The van der Waals surface area contributed by atoms with E-state index >= 15 is 0 Å². The minimum Gasteiger partial charge on any atom is -0.307 e. The molecule has 1 unspecified atom stereocenters. The average Bonchev–Trinajstić information content (AvgIpc) is 2.23. The largest absolute Gasteiger partial charge is 0.307 e. The van der Waals surface area contributed by atoms with Crippen molar-refractivity contribution in [1.82, 2.24) is 5.32 Å². The zero-order chi connectivity index (χ0) is 12.1. The van der Waals surface area contributed by atoms with Gasteiger partial charge < -0.3 is 5.32 Å². The molecule has 88 valence electrons. The van der Waals surface area contributed by atoms with Crippen molar-refractivity contribution in [3.8, 4) is 0 Å². The van der Waals surface area contributed by atoms with Gasteiger partial charge in [-0.3, -0.25) is 0 Å². The molecule has 0 fully saturated rings. The van der Waals surface area contributed by atoms with E-state index in [9.17, 15) is 4.39 Å². The number of hydrogen-bond donors (Lipinski definition) is 1. The second-order valence-electron chi connectivity index (χ2n) is 3.91. The molecule has 1 aromatic carbocycles. The molecule has 0 saturated heterocycles. The van der Waals surface area contributed by atoms with E-state index in [2.05, 4.69) is 18.8 Å². The Morgan fingerprint density at radius 2 is 2.25 bits per heavy atom. The van der Waals surface area contributed by atoms with Crippen LogP contribution in [0.4, 0.5) is 4.39 Å². The van der Waals surface area contributed by atoms with Crippen molar-refractivity contribution < 1.29 is 4.39 Å². The van der Waals surface area contributed by atoms with E-state index in [1.807, 2.05) is 13.0 Å². The summed E-state index contributed by atoms with van der Waals surface area (Å²) in [7, 11) is 0. The molecule has 0 aliphatic carbocycles. The van der Waals surface area contributed by atoms with Gasteiger partial charge in [0.1, 0.15) is 5.82 Å². The summed E-state index contributed by atoms with van der Waals surface area (Å²) in [6.45, 7) is 8.81. The highest BCUT2D eigenvalue weighted by Crippen LogP contribution is 2.24. The van der Waals surface area contributed by atoms with Crippen LogP contribution in [0.15, 0.2) is 30.4 Å². The van der Waals surface area contributed by atoms with Gasteiger partial charge in [-0.1, -0.05) is 36.7 Å². The molecular formula is C13H17ClFN. The third kappa shape index (κ3) is 3.32. The second-order valence-corrected chi connectivity index (χ2v) is 4.31. The first-order valence-electron chi connectivity index (χ1n) is 5.40. The number of halogens is 2. The summed E-state index contributed by atoms with van der Waals surface area (Å²) in [5.74, 6) is -0.385. The smallest absolute Gasteiger partial charge is 0.142 e. The molecule has 0 aliphatic rings. The lowest BCUT2D eigenvalue weighted by Gasteiger charge is -2.19. The van der Waals surface area contributed by atoms with Gasteiger partial charge in [0.05, 0.1) is 11.1 Å². The van der Waals surface area contributed by atoms with Crippen LogP contribution in [0.1, 0.15) is 31.9 Å². The molecule has 0 bridgehead atoms. The summed E-state index contributed by atoms with van der Waals surface area (Å²) in [5, 5.41) is 3.48. The van der Waals surface area contributed by atoms with Crippen LogP contribution in [0.25, 0.3) is 0 Å². The lowest BCUT2D eigenvalue weighted by molar-refractivity contribution is 0.580. The molecule has 1 nitrogen and oxygen atoms in total. The summed E-state index contributed by atoms with van der Waals surface area (Å²) in [6.07, 6.45) is 1.03. The van der Waals surface area contributed by atoms with Crippen LogP contribution >= 0.6 is 11.6 Å². The third-order valence-electron chi connectivity index (χ3n) is 2.37. The zero-order valence-corrected chi connectivity index (χ0v) is 10.4. The highest BCUT2D eigenvalue weighted by Gasteiger charge is 2.12. The summed E-state index contributed by atoms with van der Waals surface area (Å²) in [4.78, 5) is 0. The van der Waals surface area contributed by atoms with Crippen LogP contribution in [0.2, 0.25) is 5.02 Å². The van der Waals surface area contributed by atoms with Gasteiger partial charge in [-0.15, -0.1) is 0 Å². The Hall–Kier alpha value is -0.860. The molecule has 0 spiro atoms. The van der Waals surface area contributed by atoms with Crippen LogP contribution in [-0.4, -0.2) is 6.54 Å². The zero-order valence-electron chi connectivity index (χ0n) is 9.69. The van der Waals surface area contributed by atoms with Gasteiger partial charge in [-0.05, 0) is 37.6 Å². The molecule has 1 N–H and O–H groups in total. The van der Waals surface area contributed by atoms with E-state index < -0.39 is 0 Å². The second kappa shape index (κ2) is 6.02.